The molecule has 13 heavy (non-hydrogen) atoms. The topological polar surface area (TPSA) is 57.6 Å². The minimum Gasteiger partial charge on any atom is -0.389 e. The molecule has 0 aliphatic rings. The smallest absolute Gasteiger partial charge is 0.350 e. The van der Waals surface area contributed by atoms with E-state index in [-0.39, 0.29) is 6.54 Å². The van der Waals surface area contributed by atoms with Crippen LogP contribution >= 0.6 is 0 Å². The van der Waals surface area contributed by atoms with E-state index in [0.29, 0.717) is 4.31 Å². The summed E-state index contributed by atoms with van der Waals surface area (Å²) >= 11 is 0. The fourth-order valence-electron chi connectivity index (χ4n) is 0.771. The summed E-state index contributed by atoms with van der Waals surface area (Å²) in [5, 5.41) is 9.18. The number of hydrogen-bond donors (Lipinski definition) is 1. The van der Waals surface area contributed by atoms with Gasteiger partial charge in [0.25, 0.3) is 10.0 Å². The van der Waals surface area contributed by atoms with Crippen LogP contribution in [0.25, 0.3) is 0 Å². The van der Waals surface area contributed by atoms with Gasteiger partial charge in [-0.1, -0.05) is 0 Å². The minimum absolute atomic E-state index is 0.361. The summed E-state index contributed by atoms with van der Waals surface area (Å²) in [7, 11) is -3.57. The molecule has 0 heterocycles. The molecule has 0 fully saturated rings. The highest BCUT2D eigenvalue weighted by Crippen LogP contribution is 2.13. The number of sulfonamides is 1. The van der Waals surface area contributed by atoms with Crippen molar-refractivity contribution in [1.29, 1.82) is 0 Å². The second-order valence-corrected chi connectivity index (χ2v) is 5.38. The molecule has 0 unspecified atom stereocenters. The highest BCUT2D eigenvalue weighted by molar-refractivity contribution is 7.89. The number of halogens is 2. The Balaban J connectivity index is 4.54. The van der Waals surface area contributed by atoms with Crippen molar-refractivity contribution >= 4 is 10.0 Å². The molecule has 4 nitrogen and oxygen atoms in total. The van der Waals surface area contributed by atoms with Crippen LogP contribution in [0.3, 0.4) is 0 Å². The molecule has 0 spiro atoms. The van der Waals surface area contributed by atoms with Crippen molar-refractivity contribution in [3.63, 3.8) is 0 Å². The largest absolute Gasteiger partial charge is 0.389 e. The van der Waals surface area contributed by atoms with Crippen LogP contribution in [0.5, 0.6) is 0 Å². The summed E-state index contributed by atoms with van der Waals surface area (Å²) in [5.41, 5.74) is -1.32. The first-order chi connectivity index (χ1) is 5.57. The summed E-state index contributed by atoms with van der Waals surface area (Å²) in [6.07, 6.45) is 0. The Morgan fingerprint density at radius 1 is 1.46 bits per heavy atom. The first-order valence-corrected chi connectivity index (χ1v) is 5.03. The van der Waals surface area contributed by atoms with Gasteiger partial charge in [-0.15, -0.1) is 0 Å². The van der Waals surface area contributed by atoms with Crippen molar-refractivity contribution in [2.75, 3.05) is 13.6 Å². The Bertz CT molecular complexity index is 258. The van der Waals surface area contributed by atoms with E-state index in [1.165, 1.54) is 13.8 Å². The zero-order valence-electron chi connectivity index (χ0n) is 7.66. The number of likely N-dealkylation sites (N-methyl/N-ethyl adjacent to an activating group) is 1. The van der Waals surface area contributed by atoms with E-state index in [1.54, 1.807) is 0 Å². The van der Waals surface area contributed by atoms with Gasteiger partial charge in [0.05, 0.1) is 5.60 Å². The van der Waals surface area contributed by atoms with Gasteiger partial charge >= 0.3 is 5.76 Å². The summed E-state index contributed by atoms with van der Waals surface area (Å²) in [4.78, 5) is 0. The maximum Gasteiger partial charge on any atom is 0.350 e. The van der Waals surface area contributed by atoms with Gasteiger partial charge in [0, 0.05) is 13.6 Å². The molecular weight excluding hydrogens is 204 g/mol. The Hall–Kier alpha value is -0.270. The van der Waals surface area contributed by atoms with Crippen molar-refractivity contribution in [3.05, 3.63) is 0 Å². The summed E-state index contributed by atoms with van der Waals surface area (Å²) in [5.74, 6) is -3.44. The van der Waals surface area contributed by atoms with E-state index in [0.717, 1.165) is 7.05 Å². The molecule has 0 rings (SSSR count). The van der Waals surface area contributed by atoms with Crippen molar-refractivity contribution in [2.24, 2.45) is 0 Å². The van der Waals surface area contributed by atoms with Gasteiger partial charge in [0.1, 0.15) is 0 Å². The van der Waals surface area contributed by atoms with E-state index >= 15 is 0 Å². The quantitative estimate of drug-likeness (QED) is 0.734. The van der Waals surface area contributed by atoms with Crippen molar-refractivity contribution < 1.29 is 22.3 Å². The number of rotatable bonds is 4. The molecule has 0 aromatic rings. The molecule has 0 bridgehead atoms. The SMILES string of the molecule is CN(CC(C)(C)O)S(=O)(=O)C(F)F. The van der Waals surface area contributed by atoms with Crippen LogP contribution < -0.4 is 0 Å². The highest BCUT2D eigenvalue weighted by Gasteiger charge is 2.32. The molecule has 0 aromatic carbocycles. The van der Waals surface area contributed by atoms with Crippen molar-refractivity contribution in [1.82, 2.24) is 4.31 Å². The van der Waals surface area contributed by atoms with Crippen molar-refractivity contribution in [3.8, 4) is 0 Å². The summed E-state index contributed by atoms with van der Waals surface area (Å²) in [6.45, 7) is 2.31. The zero-order chi connectivity index (χ0) is 10.9. The maximum atomic E-state index is 11.9. The Labute approximate surface area is 76.2 Å². The van der Waals surface area contributed by atoms with Gasteiger partial charge < -0.3 is 5.11 Å². The van der Waals surface area contributed by atoms with Gasteiger partial charge in [-0.2, -0.15) is 13.1 Å². The van der Waals surface area contributed by atoms with Gasteiger partial charge in [0.2, 0.25) is 0 Å². The summed E-state index contributed by atoms with van der Waals surface area (Å²) < 4.78 is 45.8. The van der Waals surface area contributed by atoms with Crippen LogP contribution in [0.15, 0.2) is 0 Å². The van der Waals surface area contributed by atoms with Gasteiger partial charge in [-0.05, 0) is 13.8 Å². The lowest BCUT2D eigenvalue weighted by Crippen LogP contribution is -2.41. The summed E-state index contributed by atoms with van der Waals surface area (Å²) in [6, 6.07) is 0. The normalized spacial score (nSPS) is 14.2. The Kier molecular flexibility index (Phi) is 3.77. The fourth-order valence-corrected chi connectivity index (χ4v) is 1.54. The fraction of sp³-hybridized carbons (Fsp3) is 1.00. The molecule has 7 heteroatoms. The van der Waals surface area contributed by atoms with Crippen LogP contribution in [0, 0.1) is 0 Å². The molecule has 0 radical (unpaired) electrons. The third kappa shape index (κ3) is 3.97. The Morgan fingerprint density at radius 2 is 1.85 bits per heavy atom. The number of hydrogen-bond acceptors (Lipinski definition) is 3. The highest BCUT2D eigenvalue weighted by atomic mass is 32.2. The number of nitrogens with zero attached hydrogens (tertiary/aromatic N) is 1. The monoisotopic (exact) mass is 217 g/mol. The van der Waals surface area contributed by atoms with E-state index in [2.05, 4.69) is 0 Å². The van der Waals surface area contributed by atoms with Gasteiger partial charge in [-0.25, -0.2) is 8.42 Å². The van der Waals surface area contributed by atoms with E-state index in [4.69, 9.17) is 0 Å². The second kappa shape index (κ2) is 3.85. The average molecular weight is 217 g/mol. The Morgan fingerprint density at radius 3 is 2.08 bits per heavy atom. The molecule has 0 aliphatic carbocycles. The lowest BCUT2D eigenvalue weighted by molar-refractivity contribution is 0.0622. The molecular formula is C6H13F2NO3S. The molecule has 0 saturated carbocycles. The van der Waals surface area contributed by atoms with Crippen LogP contribution in [0.4, 0.5) is 8.78 Å². The van der Waals surface area contributed by atoms with E-state index in [9.17, 15) is 22.3 Å². The first-order valence-electron chi connectivity index (χ1n) is 3.53. The predicted molar refractivity (Wildman–Crippen MR) is 43.9 cm³/mol. The van der Waals surface area contributed by atoms with E-state index < -0.39 is 21.4 Å². The van der Waals surface area contributed by atoms with Gasteiger partial charge in [-0.3, -0.25) is 0 Å². The molecule has 0 aliphatic heterocycles. The third-order valence-electron chi connectivity index (χ3n) is 1.27. The second-order valence-electron chi connectivity index (χ2n) is 3.37. The van der Waals surface area contributed by atoms with Crippen LogP contribution in [-0.4, -0.2) is 42.8 Å². The predicted octanol–water partition coefficient (Wildman–Crippen LogP) is 0.241. The molecule has 0 aromatic heterocycles. The molecule has 1 N–H and O–H groups in total. The van der Waals surface area contributed by atoms with Crippen LogP contribution in [0.2, 0.25) is 0 Å². The lowest BCUT2D eigenvalue weighted by Gasteiger charge is -2.24. The molecule has 80 valence electrons. The standard InChI is InChI=1S/C6H13F2NO3S/c1-6(2,10)4-9(3)13(11,12)5(7)8/h5,10H,4H2,1-3H3. The number of aliphatic hydroxyl groups is 1. The maximum absolute atomic E-state index is 11.9. The van der Waals surface area contributed by atoms with Crippen molar-refractivity contribution in [2.45, 2.75) is 25.2 Å². The van der Waals surface area contributed by atoms with E-state index in [1.807, 2.05) is 0 Å². The molecule has 0 saturated heterocycles. The first kappa shape index (κ1) is 12.7. The zero-order valence-corrected chi connectivity index (χ0v) is 8.48. The van der Waals surface area contributed by atoms with Crippen LogP contribution in [0.1, 0.15) is 13.8 Å². The number of alkyl halides is 2. The molecule has 0 atom stereocenters. The molecule has 0 amide bonds. The average Bonchev–Trinajstić information content (AvgIpc) is 1.82. The van der Waals surface area contributed by atoms with Crippen LogP contribution in [-0.2, 0) is 10.0 Å². The minimum atomic E-state index is -4.57. The van der Waals surface area contributed by atoms with Gasteiger partial charge in [0.15, 0.2) is 0 Å². The lowest BCUT2D eigenvalue weighted by atomic mass is 10.1. The third-order valence-corrected chi connectivity index (χ3v) is 2.72.